The molecule has 0 saturated heterocycles. The summed E-state index contributed by atoms with van der Waals surface area (Å²) in [5, 5.41) is 5.26. The molecule has 2 aromatic rings. The number of aryl methyl sites for hydroxylation is 1. The molecule has 1 unspecified atom stereocenters. The molecule has 2 amide bonds. The Morgan fingerprint density at radius 2 is 2.00 bits per heavy atom. The first-order valence-electron chi connectivity index (χ1n) is 8.06. The number of rotatable bonds is 4. The molecule has 1 aliphatic rings. The van der Waals surface area contributed by atoms with Crippen LogP contribution in [0.1, 0.15) is 21.5 Å². The molecule has 0 bridgehead atoms. The molecule has 0 aromatic heterocycles. The third kappa shape index (κ3) is 4.11. The molecule has 0 saturated carbocycles. The highest BCUT2D eigenvalue weighted by Gasteiger charge is 2.31. The maximum absolute atomic E-state index is 12.2. The Hall–Kier alpha value is -2.67. The van der Waals surface area contributed by atoms with Crippen LogP contribution in [0.2, 0.25) is 0 Å². The SMILES string of the molecule is Cc1cc(Br)ccc1NC(=O)CNC(=O)C1Cc2ccccc2C(=O)O1. The van der Waals surface area contributed by atoms with Gasteiger partial charge in [-0.15, -0.1) is 0 Å². The first-order valence-corrected chi connectivity index (χ1v) is 8.86. The third-order valence-electron chi connectivity index (χ3n) is 4.07. The zero-order valence-electron chi connectivity index (χ0n) is 14.0. The van der Waals surface area contributed by atoms with Crippen LogP contribution in [0.5, 0.6) is 0 Å². The van der Waals surface area contributed by atoms with Gasteiger partial charge in [-0.2, -0.15) is 0 Å². The fourth-order valence-corrected chi connectivity index (χ4v) is 3.20. The number of esters is 1. The number of cyclic esters (lactones) is 1. The summed E-state index contributed by atoms with van der Waals surface area (Å²) in [6, 6.07) is 12.5. The molecule has 0 fully saturated rings. The molecule has 26 heavy (non-hydrogen) atoms. The summed E-state index contributed by atoms with van der Waals surface area (Å²) < 4.78 is 6.09. The van der Waals surface area contributed by atoms with Gasteiger partial charge >= 0.3 is 5.97 Å². The second kappa shape index (κ2) is 7.70. The van der Waals surface area contributed by atoms with Crippen LogP contribution >= 0.6 is 15.9 Å². The number of fused-ring (bicyclic) bond motifs is 1. The number of hydrogen-bond acceptors (Lipinski definition) is 4. The lowest BCUT2D eigenvalue weighted by atomic mass is 9.98. The van der Waals surface area contributed by atoms with E-state index in [1.54, 1.807) is 30.3 Å². The molecular formula is C19H17BrN2O4. The summed E-state index contributed by atoms with van der Waals surface area (Å²) in [5.74, 6) is -1.37. The maximum Gasteiger partial charge on any atom is 0.339 e. The normalized spacial score (nSPS) is 15.6. The van der Waals surface area contributed by atoms with E-state index in [1.807, 2.05) is 19.1 Å². The zero-order valence-corrected chi connectivity index (χ0v) is 15.6. The zero-order chi connectivity index (χ0) is 18.7. The molecular weight excluding hydrogens is 400 g/mol. The minimum atomic E-state index is -0.931. The first kappa shape index (κ1) is 18.1. The predicted molar refractivity (Wildman–Crippen MR) is 99.9 cm³/mol. The summed E-state index contributed by atoms with van der Waals surface area (Å²) in [7, 11) is 0. The van der Waals surface area contributed by atoms with E-state index in [0.29, 0.717) is 17.7 Å². The predicted octanol–water partition coefficient (Wildman–Crippen LogP) is 2.59. The topological polar surface area (TPSA) is 84.5 Å². The average Bonchev–Trinajstić information content (AvgIpc) is 2.62. The van der Waals surface area contributed by atoms with E-state index in [-0.39, 0.29) is 12.5 Å². The van der Waals surface area contributed by atoms with E-state index in [4.69, 9.17) is 4.74 Å². The van der Waals surface area contributed by atoms with E-state index in [9.17, 15) is 14.4 Å². The van der Waals surface area contributed by atoms with Gasteiger partial charge in [0.15, 0.2) is 6.10 Å². The van der Waals surface area contributed by atoms with Gasteiger partial charge in [0.05, 0.1) is 12.1 Å². The molecule has 7 heteroatoms. The van der Waals surface area contributed by atoms with Crippen molar-refractivity contribution in [1.29, 1.82) is 0 Å². The number of carbonyl (C=O) groups excluding carboxylic acids is 3. The van der Waals surface area contributed by atoms with Crippen LogP contribution in [0.4, 0.5) is 5.69 Å². The van der Waals surface area contributed by atoms with Crippen molar-refractivity contribution in [3.8, 4) is 0 Å². The Morgan fingerprint density at radius 1 is 1.23 bits per heavy atom. The van der Waals surface area contributed by atoms with Gasteiger partial charge in [-0.05, 0) is 42.3 Å². The summed E-state index contributed by atoms with van der Waals surface area (Å²) in [6.45, 7) is 1.67. The van der Waals surface area contributed by atoms with E-state index in [1.165, 1.54) is 0 Å². The monoisotopic (exact) mass is 416 g/mol. The Labute approximate surface area is 159 Å². The number of benzene rings is 2. The molecule has 1 atom stereocenters. The van der Waals surface area contributed by atoms with Gasteiger partial charge < -0.3 is 15.4 Å². The van der Waals surface area contributed by atoms with Gasteiger partial charge in [0, 0.05) is 16.6 Å². The molecule has 1 aliphatic heterocycles. The van der Waals surface area contributed by atoms with Gasteiger partial charge in [0.25, 0.3) is 5.91 Å². The Kier molecular flexibility index (Phi) is 5.37. The second-order valence-electron chi connectivity index (χ2n) is 5.98. The van der Waals surface area contributed by atoms with Crippen LogP contribution in [0.25, 0.3) is 0 Å². The van der Waals surface area contributed by atoms with E-state index in [2.05, 4.69) is 26.6 Å². The summed E-state index contributed by atoms with van der Waals surface area (Å²) in [6.07, 6.45) is -0.638. The molecule has 1 heterocycles. The highest BCUT2D eigenvalue weighted by Crippen LogP contribution is 2.21. The summed E-state index contributed by atoms with van der Waals surface area (Å²) in [4.78, 5) is 36.3. The van der Waals surface area contributed by atoms with Crippen LogP contribution in [0.15, 0.2) is 46.9 Å². The highest BCUT2D eigenvalue weighted by atomic mass is 79.9. The van der Waals surface area contributed by atoms with Crippen molar-refractivity contribution in [3.05, 3.63) is 63.6 Å². The first-order chi connectivity index (χ1) is 12.4. The lowest BCUT2D eigenvalue weighted by molar-refractivity contribution is -0.131. The van der Waals surface area contributed by atoms with Gasteiger partial charge in [0.2, 0.25) is 5.91 Å². The smallest absolute Gasteiger partial charge is 0.339 e. The van der Waals surface area contributed by atoms with Crippen LogP contribution < -0.4 is 10.6 Å². The summed E-state index contributed by atoms with van der Waals surface area (Å²) in [5.41, 5.74) is 2.81. The van der Waals surface area contributed by atoms with Gasteiger partial charge in [-0.1, -0.05) is 34.1 Å². The number of amides is 2. The standard InChI is InChI=1S/C19H17BrN2O4/c1-11-8-13(20)6-7-15(11)22-17(23)10-21-18(24)16-9-12-4-2-3-5-14(12)19(25)26-16/h2-8,16H,9-10H2,1H3,(H,21,24)(H,22,23). The highest BCUT2D eigenvalue weighted by molar-refractivity contribution is 9.10. The van der Waals surface area contributed by atoms with Crippen LogP contribution in [-0.4, -0.2) is 30.4 Å². The number of ether oxygens (including phenoxy) is 1. The van der Waals surface area contributed by atoms with Crippen LogP contribution in [0.3, 0.4) is 0 Å². The fourth-order valence-electron chi connectivity index (χ4n) is 2.72. The molecule has 3 rings (SSSR count). The fraction of sp³-hybridized carbons (Fsp3) is 0.211. The van der Waals surface area contributed by atoms with Gasteiger partial charge in [-0.25, -0.2) is 4.79 Å². The van der Waals surface area contributed by atoms with Crippen molar-refractivity contribution >= 4 is 39.4 Å². The molecule has 2 aromatic carbocycles. The van der Waals surface area contributed by atoms with Crippen molar-refractivity contribution in [1.82, 2.24) is 5.32 Å². The molecule has 6 nitrogen and oxygen atoms in total. The largest absolute Gasteiger partial charge is 0.448 e. The Bertz CT molecular complexity index is 882. The third-order valence-corrected chi connectivity index (χ3v) is 4.56. The summed E-state index contributed by atoms with van der Waals surface area (Å²) >= 11 is 3.36. The number of hydrogen-bond donors (Lipinski definition) is 2. The number of carbonyl (C=O) groups is 3. The molecule has 2 N–H and O–H groups in total. The molecule has 0 spiro atoms. The van der Waals surface area contributed by atoms with E-state index < -0.39 is 18.0 Å². The number of halogens is 1. The van der Waals surface area contributed by atoms with E-state index >= 15 is 0 Å². The molecule has 134 valence electrons. The maximum atomic E-state index is 12.2. The van der Waals surface area contributed by atoms with Crippen molar-refractivity contribution in [2.45, 2.75) is 19.4 Å². The minimum Gasteiger partial charge on any atom is -0.448 e. The quantitative estimate of drug-likeness (QED) is 0.750. The lowest BCUT2D eigenvalue weighted by Gasteiger charge is -2.23. The van der Waals surface area contributed by atoms with Gasteiger partial charge in [-0.3, -0.25) is 9.59 Å². The van der Waals surface area contributed by atoms with Crippen molar-refractivity contribution in [2.24, 2.45) is 0 Å². The number of nitrogens with one attached hydrogen (secondary N) is 2. The number of anilines is 1. The Balaban J connectivity index is 1.56. The van der Waals surface area contributed by atoms with E-state index in [0.717, 1.165) is 15.6 Å². The lowest BCUT2D eigenvalue weighted by Crippen LogP contribution is -2.44. The van der Waals surface area contributed by atoms with Crippen molar-refractivity contribution in [3.63, 3.8) is 0 Å². The molecule has 0 radical (unpaired) electrons. The van der Waals surface area contributed by atoms with Crippen molar-refractivity contribution < 1.29 is 19.1 Å². The van der Waals surface area contributed by atoms with Crippen LogP contribution in [0, 0.1) is 6.92 Å². The minimum absolute atomic E-state index is 0.204. The van der Waals surface area contributed by atoms with Crippen molar-refractivity contribution in [2.75, 3.05) is 11.9 Å². The van der Waals surface area contributed by atoms with Gasteiger partial charge in [0.1, 0.15) is 0 Å². The molecule has 0 aliphatic carbocycles. The Morgan fingerprint density at radius 3 is 2.77 bits per heavy atom. The average molecular weight is 417 g/mol. The second-order valence-corrected chi connectivity index (χ2v) is 6.90. The van der Waals surface area contributed by atoms with Crippen LogP contribution in [-0.2, 0) is 20.7 Å².